The van der Waals surface area contributed by atoms with Crippen LogP contribution in [-0.4, -0.2) is 6.29 Å². The fourth-order valence-corrected chi connectivity index (χ4v) is 2.60. The SMILES string of the molecule is CCC1(C=O)C(C=C(C)C)C1(C)C. The molecule has 0 heterocycles. The van der Waals surface area contributed by atoms with Crippen LogP contribution in [0.3, 0.4) is 0 Å². The number of carbonyl (C=O) groups is 1. The van der Waals surface area contributed by atoms with E-state index in [2.05, 4.69) is 40.7 Å². The normalized spacial score (nSPS) is 35.3. The van der Waals surface area contributed by atoms with Gasteiger partial charge >= 0.3 is 0 Å². The summed E-state index contributed by atoms with van der Waals surface area (Å²) in [5, 5.41) is 0. The Balaban J connectivity index is 2.93. The van der Waals surface area contributed by atoms with Crippen molar-refractivity contribution in [2.75, 3.05) is 0 Å². The molecule has 0 saturated heterocycles. The molecule has 1 aliphatic carbocycles. The maximum absolute atomic E-state index is 11.1. The van der Waals surface area contributed by atoms with Crippen molar-refractivity contribution in [3.63, 3.8) is 0 Å². The zero-order chi connectivity index (χ0) is 10.3. The summed E-state index contributed by atoms with van der Waals surface area (Å²) in [4.78, 5) is 11.1. The quantitative estimate of drug-likeness (QED) is 0.481. The first kappa shape index (κ1) is 10.5. The van der Waals surface area contributed by atoms with Crippen LogP contribution in [0.5, 0.6) is 0 Å². The highest BCUT2D eigenvalue weighted by Gasteiger charge is 2.68. The molecule has 1 aliphatic rings. The van der Waals surface area contributed by atoms with Gasteiger partial charge in [0, 0.05) is 5.41 Å². The summed E-state index contributed by atoms with van der Waals surface area (Å²) in [6.45, 7) is 10.7. The standard InChI is InChI=1S/C12H20O/c1-6-12(8-13)10(7-9(2)3)11(12,4)5/h7-8,10H,6H2,1-5H3. The lowest BCUT2D eigenvalue weighted by molar-refractivity contribution is -0.113. The predicted octanol–water partition coefficient (Wildman–Crippen LogP) is 3.20. The Bertz CT molecular complexity index is 246. The minimum absolute atomic E-state index is 0.0791. The van der Waals surface area contributed by atoms with Crippen molar-refractivity contribution in [2.45, 2.75) is 41.0 Å². The number of aldehydes is 1. The number of hydrogen-bond acceptors (Lipinski definition) is 1. The van der Waals surface area contributed by atoms with Crippen molar-refractivity contribution in [2.24, 2.45) is 16.7 Å². The van der Waals surface area contributed by atoms with Gasteiger partial charge in [-0.3, -0.25) is 0 Å². The van der Waals surface area contributed by atoms with Crippen molar-refractivity contribution in [3.05, 3.63) is 11.6 Å². The molecule has 0 aromatic heterocycles. The summed E-state index contributed by atoms with van der Waals surface area (Å²) in [5.74, 6) is 0.451. The molecule has 0 bridgehead atoms. The molecule has 0 aromatic rings. The monoisotopic (exact) mass is 180 g/mol. The number of rotatable bonds is 3. The van der Waals surface area contributed by atoms with Crippen LogP contribution in [0.25, 0.3) is 0 Å². The molecule has 0 spiro atoms. The zero-order valence-corrected chi connectivity index (χ0v) is 9.35. The molecule has 1 nitrogen and oxygen atoms in total. The molecule has 1 rings (SSSR count). The molecule has 1 fully saturated rings. The average molecular weight is 180 g/mol. The first-order valence-electron chi connectivity index (χ1n) is 5.03. The lowest BCUT2D eigenvalue weighted by Gasteiger charge is -2.08. The average Bonchev–Trinajstić information content (AvgIpc) is 2.48. The van der Waals surface area contributed by atoms with Crippen LogP contribution < -0.4 is 0 Å². The second-order valence-electron chi connectivity index (χ2n) is 4.96. The Morgan fingerprint density at radius 3 is 2.15 bits per heavy atom. The summed E-state index contributed by atoms with van der Waals surface area (Å²) in [7, 11) is 0. The van der Waals surface area contributed by atoms with Crippen LogP contribution in [0.1, 0.15) is 41.0 Å². The lowest BCUT2D eigenvalue weighted by Crippen LogP contribution is -2.08. The number of hydrogen-bond donors (Lipinski definition) is 0. The first-order chi connectivity index (χ1) is 5.92. The van der Waals surface area contributed by atoms with Crippen LogP contribution in [0.4, 0.5) is 0 Å². The molecule has 2 atom stereocenters. The third-order valence-corrected chi connectivity index (χ3v) is 3.74. The molecule has 74 valence electrons. The van der Waals surface area contributed by atoms with Crippen molar-refractivity contribution >= 4 is 6.29 Å². The first-order valence-corrected chi connectivity index (χ1v) is 5.03. The molecule has 0 aromatic carbocycles. The van der Waals surface area contributed by atoms with Crippen molar-refractivity contribution in [1.29, 1.82) is 0 Å². The van der Waals surface area contributed by atoms with Crippen LogP contribution in [0.2, 0.25) is 0 Å². The van der Waals surface area contributed by atoms with Gasteiger partial charge < -0.3 is 4.79 Å². The Hall–Kier alpha value is -0.590. The van der Waals surface area contributed by atoms with Gasteiger partial charge in [-0.05, 0) is 31.6 Å². The molecule has 13 heavy (non-hydrogen) atoms. The van der Waals surface area contributed by atoms with Gasteiger partial charge in [-0.15, -0.1) is 0 Å². The van der Waals surface area contributed by atoms with E-state index in [1.165, 1.54) is 5.57 Å². The smallest absolute Gasteiger partial charge is 0.127 e. The second kappa shape index (κ2) is 2.97. The third-order valence-electron chi connectivity index (χ3n) is 3.74. The fourth-order valence-electron chi connectivity index (χ4n) is 2.60. The number of allylic oxidation sites excluding steroid dienone is 2. The molecule has 0 radical (unpaired) electrons. The van der Waals surface area contributed by atoms with Gasteiger partial charge in [0.25, 0.3) is 0 Å². The van der Waals surface area contributed by atoms with Gasteiger partial charge in [0.2, 0.25) is 0 Å². The van der Waals surface area contributed by atoms with E-state index in [0.717, 1.165) is 12.7 Å². The number of carbonyl (C=O) groups excluding carboxylic acids is 1. The van der Waals surface area contributed by atoms with E-state index in [4.69, 9.17) is 0 Å². The molecule has 0 aliphatic heterocycles. The van der Waals surface area contributed by atoms with Crippen molar-refractivity contribution < 1.29 is 4.79 Å². The lowest BCUT2D eigenvalue weighted by atomic mass is 9.95. The summed E-state index contributed by atoms with van der Waals surface area (Å²) in [5.41, 5.74) is 1.40. The highest BCUT2D eigenvalue weighted by molar-refractivity contribution is 5.69. The van der Waals surface area contributed by atoms with E-state index in [0.29, 0.717) is 5.92 Å². The highest BCUT2D eigenvalue weighted by Crippen LogP contribution is 2.70. The summed E-state index contributed by atoms with van der Waals surface area (Å²) in [6.07, 6.45) is 4.37. The predicted molar refractivity (Wildman–Crippen MR) is 55.5 cm³/mol. The summed E-state index contributed by atoms with van der Waals surface area (Å²) in [6, 6.07) is 0. The Labute approximate surface area is 81.2 Å². The zero-order valence-electron chi connectivity index (χ0n) is 9.35. The van der Waals surface area contributed by atoms with Crippen LogP contribution >= 0.6 is 0 Å². The fraction of sp³-hybridized carbons (Fsp3) is 0.750. The van der Waals surface area contributed by atoms with E-state index >= 15 is 0 Å². The van der Waals surface area contributed by atoms with E-state index in [-0.39, 0.29) is 10.8 Å². The largest absolute Gasteiger partial charge is 0.303 e. The van der Waals surface area contributed by atoms with Crippen LogP contribution in [0.15, 0.2) is 11.6 Å². The van der Waals surface area contributed by atoms with E-state index in [1.54, 1.807) is 0 Å². The molecule has 0 N–H and O–H groups in total. The summed E-state index contributed by atoms with van der Waals surface area (Å²) < 4.78 is 0. The van der Waals surface area contributed by atoms with Gasteiger partial charge in [-0.25, -0.2) is 0 Å². The Morgan fingerprint density at radius 1 is 1.38 bits per heavy atom. The van der Waals surface area contributed by atoms with Crippen LogP contribution in [0, 0.1) is 16.7 Å². The van der Waals surface area contributed by atoms with Gasteiger partial charge in [-0.2, -0.15) is 0 Å². The summed E-state index contributed by atoms with van der Waals surface area (Å²) >= 11 is 0. The molecular weight excluding hydrogens is 160 g/mol. The molecule has 1 heteroatoms. The van der Waals surface area contributed by atoms with E-state index < -0.39 is 0 Å². The molecule has 0 amide bonds. The molecule has 1 saturated carbocycles. The Morgan fingerprint density at radius 2 is 1.92 bits per heavy atom. The van der Waals surface area contributed by atoms with Gasteiger partial charge in [0.15, 0.2) is 0 Å². The maximum atomic E-state index is 11.1. The van der Waals surface area contributed by atoms with Crippen LogP contribution in [-0.2, 0) is 4.79 Å². The van der Waals surface area contributed by atoms with Gasteiger partial charge in [0.05, 0.1) is 0 Å². The highest BCUT2D eigenvalue weighted by atomic mass is 16.1. The molecule has 2 unspecified atom stereocenters. The minimum atomic E-state index is -0.0791. The second-order valence-corrected chi connectivity index (χ2v) is 4.96. The molecular formula is C12H20O. The third kappa shape index (κ3) is 1.25. The maximum Gasteiger partial charge on any atom is 0.127 e. The van der Waals surface area contributed by atoms with E-state index in [9.17, 15) is 4.79 Å². The Kier molecular flexibility index (Phi) is 2.40. The van der Waals surface area contributed by atoms with Gasteiger partial charge in [-0.1, -0.05) is 32.4 Å². The minimum Gasteiger partial charge on any atom is -0.303 e. The van der Waals surface area contributed by atoms with E-state index in [1.807, 2.05) is 0 Å². The van der Waals surface area contributed by atoms with Crippen molar-refractivity contribution in [1.82, 2.24) is 0 Å². The van der Waals surface area contributed by atoms with Crippen molar-refractivity contribution in [3.8, 4) is 0 Å². The topological polar surface area (TPSA) is 17.1 Å². The van der Waals surface area contributed by atoms with Gasteiger partial charge in [0.1, 0.15) is 6.29 Å².